The van der Waals surface area contributed by atoms with E-state index in [0.29, 0.717) is 23.9 Å². The van der Waals surface area contributed by atoms with E-state index < -0.39 is 4.92 Å². The fraction of sp³-hybridized carbons (Fsp3) is 0.105. The molecule has 4 aromatic rings. The molecule has 0 bridgehead atoms. The number of nitrogens with zero attached hydrogens (tertiary/aromatic N) is 4. The fourth-order valence-corrected chi connectivity index (χ4v) is 3.22. The Balaban J connectivity index is 1.83. The number of nitrogens with one attached hydrogen (secondary N) is 2. The van der Waals surface area contributed by atoms with Crippen LogP contribution in [0.5, 0.6) is 5.75 Å². The summed E-state index contributed by atoms with van der Waals surface area (Å²) < 4.78 is 7.12. The quantitative estimate of drug-likeness (QED) is 0.279. The molecule has 2 heterocycles. The van der Waals surface area contributed by atoms with Crippen LogP contribution in [0.2, 0.25) is 0 Å². The monoisotopic (exact) mass is 408 g/mol. The molecule has 9 nitrogen and oxygen atoms in total. The molecule has 29 heavy (non-hydrogen) atoms. The molecule has 0 atom stereocenters. The van der Waals surface area contributed by atoms with Crippen LogP contribution in [0.15, 0.2) is 54.6 Å². The van der Waals surface area contributed by atoms with E-state index >= 15 is 0 Å². The molecule has 0 saturated carbocycles. The molecule has 2 N–H and O–H groups in total. The van der Waals surface area contributed by atoms with Gasteiger partial charge in [-0.05, 0) is 37.3 Å². The number of hydrogen-bond donors (Lipinski definition) is 2. The average Bonchev–Trinajstić information content (AvgIpc) is 3.36. The lowest BCUT2D eigenvalue weighted by Gasteiger charge is -2.09. The molecular formula is C19H16N6O3S. The molecular weight excluding hydrogens is 392 g/mol. The summed E-state index contributed by atoms with van der Waals surface area (Å²) in [4.78, 5) is 11.2. The molecule has 0 unspecified atom stereocenters. The minimum atomic E-state index is -0.473. The fourth-order valence-electron chi connectivity index (χ4n) is 2.99. The van der Waals surface area contributed by atoms with E-state index in [1.807, 2.05) is 43.3 Å². The third kappa shape index (κ3) is 3.52. The Hall–Kier alpha value is -3.79. The molecule has 0 amide bonds. The van der Waals surface area contributed by atoms with Crippen molar-refractivity contribution in [3.8, 4) is 34.2 Å². The number of rotatable bonds is 6. The molecule has 10 heteroatoms. The molecule has 2 aromatic heterocycles. The minimum Gasteiger partial charge on any atom is -0.494 e. The standard InChI is InChI=1S/C19H16N6O3S/c1-2-28-13-8-9-16(17(10-13)25(26)27)24-18(22-23-19(24)29)15-11-14(20-21-15)12-6-4-3-5-7-12/h3-11H,2H2,1H3,(H,20,21)(H,23,29). The molecule has 0 radical (unpaired) electrons. The largest absolute Gasteiger partial charge is 0.494 e. The van der Waals surface area contributed by atoms with E-state index in [0.717, 1.165) is 11.3 Å². The summed E-state index contributed by atoms with van der Waals surface area (Å²) in [5.41, 5.74) is 2.37. The van der Waals surface area contributed by atoms with E-state index in [-0.39, 0.29) is 16.1 Å². The van der Waals surface area contributed by atoms with Crippen molar-refractivity contribution in [2.45, 2.75) is 6.92 Å². The topological polar surface area (TPSA) is 115 Å². The normalized spacial score (nSPS) is 10.8. The lowest BCUT2D eigenvalue weighted by Crippen LogP contribution is -2.03. The van der Waals surface area contributed by atoms with Gasteiger partial charge in [-0.3, -0.25) is 24.9 Å². The number of hydrogen-bond acceptors (Lipinski definition) is 6. The van der Waals surface area contributed by atoms with Gasteiger partial charge in [0.15, 0.2) is 10.6 Å². The van der Waals surface area contributed by atoms with Crippen molar-refractivity contribution in [2.75, 3.05) is 6.61 Å². The first kappa shape index (κ1) is 18.6. The number of nitro benzene ring substituents is 1. The Morgan fingerprint density at radius 3 is 2.66 bits per heavy atom. The van der Waals surface area contributed by atoms with Crippen LogP contribution in [0.4, 0.5) is 5.69 Å². The van der Waals surface area contributed by atoms with Crippen LogP contribution in [0.1, 0.15) is 6.92 Å². The van der Waals surface area contributed by atoms with Gasteiger partial charge in [-0.1, -0.05) is 30.3 Å². The lowest BCUT2D eigenvalue weighted by molar-refractivity contribution is -0.384. The smallest absolute Gasteiger partial charge is 0.297 e. The van der Waals surface area contributed by atoms with Gasteiger partial charge in [0.1, 0.15) is 17.1 Å². The number of benzene rings is 2. The Labute approximate surface area is 170 Å². The predicted molar refractivity (Wildman–Crippen MR) is 110 cm³/mol. The lowest BCUT2D eigenvalue weighted by atomic mass is 10.1. The van der Waals surface area contributed by atoms with Gasteiger partial charge >= 0.3 is 0 Å². The Morgan fingerprint density at radius 2 is 1.93 bits per heavy atom. The van der Waals surface area contributed by atoms with Crippen molar-refractivity contribution in [2.24, 2.45) is 0 Å². The zero-order chi connectivity index (χ0) is 20.4. The van der Waals surface area contributed by atoms with Gasteiger partial charge in [-0.25, -0.2) is 0 Å². The van der Waals surface area contributed by atoms with Crippen molar-refractivity contribution < 1.29 is 9.66 Å². The summed E-state index contributed by atoms with van der Waals surface area (Å²) >= 11 is 5.34. The van der Waals surface area contributed by atoms with Crippen LogP contribution in [0, 0.1) is 14.9 Å². The number of aromatic nitrogens is 5. The first-order chi connectivity index (χ1) is 14.1. The van der Waals surface area contributed by atoms with Crippen molar-refractivity contribution in [1.29, 1.82) is 0 Å². The van der Waals surface area contributed by atoms with Crippen LogP contribution in [0.25, 0.3) is 28.5 Å². The minimum absolute atomic E-state index is 0.141. The van der Waals surface area contributed by atoms with Gasteiger partial charge < -0.3 is 4.74 Å². The summed E-state index contributed by atoms with van der Waals surface area (Å²) in [6.07, 6.45) is 0. The summed E-state index contributed by atoms with van der Waals surface area (Å²) in [6, 6.07) is 16.1. The SMILES string of the molecule is CCOc1ccc(-n2c(-c3cc(-c4ccccc4)n[nH]3)n[nH]c2=S)c([N+](=O)[O-])c1. The summed E-state index contributed by atoms with van der Waals surface area (Å²) in [5.74, 6) is 0.796. The molecule has 0 saturated heterocycles. The van der Waals surface area contributed by atoms with E-state index in [1.54, 1.807) is 12.1 Å². The number of ether oxygens (including phenoxy) is 1. The maximum Gasteiger partial charge on any atom is 0.297 e. The highest BCUT2D eigenvalue weighted by Crippen LogP contribution is 2.31. The van der Waals surface area contributed by atoms with Gasteiger partial charge in [-0.15, -0.1) is 0 Å². The van der Waals surface area contributed by atoms with Gasteiger partial charge in [-0.2, -0.15) is 10.2 Å². The second kappa shape index (κ2) is 7.68. The van der Waals surface area contributed by atoms with Crippen LogP contribution < -0.4 is 4.74 Å². The van der Waals surface area contributed by atoms with Gasteiger partial charge in [0.25, 0.3) is 5.69 Å². The van der Waals surface area contributed by atoms with E-state index in [1.165, 1.54) is 10.6 Å². The Kier molecular flexibility index (Phi) is 4.92. The van der Waals surface area contributed by atoms with E-state index in [2.05, 4.69) is 20.4 Å². The van der Waals surface area contributed by atoms with Crippen molar-refractivity contribution in [1.82, 2.24) is 25.0 Å². The first-order valence-corrected chi connectivity index (χ1v) is 9.19. The van der Waals surface area contributed by atoms with E-state index in [9.17, 15) is 10.1 Å². The molecule has 4 rings (SSSR count). The second-order valence-corrected chi connectivity index (χ2v) is 6.45. The summed E-state index contributed by atoms with van der Waals surface area (Å²) in [6.45, 7) is 2.22. The molecule has 0 aliphatic rings. The van der Waals surface area contributed by atoms with Crippen molar-refractivity contribution >= 4 is 17.9 Å². The Morgan fingerprint density at radius 1 is 1.14 bits per heavy atom. The molecule has 0 fully saturated rings. The predicted octanol–water partition coefficient (Wildman–Crippen LogP) is 4.29. The molecule has 0 aliphatic heterocycles. The molecule has 0 spiro atoms. The average molecular weight is 408 g/mol. The molecule has 0 aliphatic carbocycles. The summed E-state index contributed by atoms with van der Waals surface area (Å²) in [7, 11) is 0. The third-order valence-electron chi connectivity index (χ3n) is 4.26. The third-order valence-corrected chi connectivity index (χ3v) is 4.53. The Bertz CT molecular complexity index is 1230. The van der Waals surface area contributed by atoms with Crippen LogP contribution in [-0.2, 0) is 0 Å². The van der Waals surface area contributed by atoms with Crippen molar-refractivity contribution in [3.63, 3.8) is 0 Å². The van der Waals surface area contributed by atoms with Crippen LogP contribution in [-0.4, -0.2) is 36.5 Å². The van der Waals surface area contributed by atoms with Gasteiger partial charge in [0.05, 0.1) is 23.3 Å². The molecule has 2 aromatic carbocycles. The maximum absolute atomic E-state index is 11.7. The molecule has 146 valence electrons. The summed E-state index contributed by atoms with van der Waals surface area (Å²) in [5, 5.41) is 25.9. The first-order valence-electron chi connectivity index (χ1n) is 8.78. The second-order valence-electron chi connectivity index (χ2n) is 6.06. The van der Waals surface area contributed by atoms with E-state index in [4.69, 9.17) is 17.0 Å². The highest BCUT2D eigenvalue weighted by molar-refractivity contribution is 7.71. The van der Waals surface area contributed by atoms with Crippen LogP contribution in [0.3, 0.4) is 0 Å². The zero-order valence-electron chi connectivity index (χ0n) is 15.3. The number of aromatic amines is 2. The number of nitro groups is 1. The highest BCUT2D eigenvalue weighted by atomic mass is 32.1. The van der Waals surface area contributed by atoms with Crippen LogP contribution >= 0.6 is 12.2 Å². The van der Waals surface area contributed by atoms with Gasteiger partial charge in [0.2, 0.25) is 0 Å². The van der Waals surface area contributed by atoms with Crippen molar-refractivity contribution in [3.05, 3.63) is 69.5 Å². The highest BCUT2D eigenvalue weighted by Gasteiger charge is 2.22. The zero-order valence-corrected chi connectivity index (χ0v) is 16.1. The van der Waals surface area contributed by atoms with Gasteiger partial charge in [0, 0.05) is 5.56 Å². The maximum atomic E-state index is 11.7. The number of H-pyrrole nitrogens is 2.